The van der Waals surface area contributed by atoms with Gasteiger partial charge in [0.25, 0.3) is 0 Å². The fourth-order valence-electron chi connectivity index (χ4n) is 2.82. The molecular weight excluding hydrogens is 299 g/mol. The molecule has 1 aliphatic rings. The van der Waals surface area contributed by atoms with Crippen LogP contribution in [0, 0.1) is 5.82 Å². The standard InChI is InChI=1S/C15H19FN6O/c1-9(2)20-14(23)11-6-22(15-17-4-10(16)5-18-15)7-12-13(11)21(3)8-19-12/h4-5,8-9,11H,6-7H2,1-3H3,(H,20,23). The van der Waals surface area contributed by atoms with E-state index in [2.05, 4.69) is 20.3 Å². The van der Waals surface area contributed by atoms with Crippen LogP contribution >= 0.6 is 0 Å². The van der Waals surface area contributed by atoms with E-state index in [4.69, 9.17) is 0 Å². The molecule has 1 atom stereocenters. The summed E-state index contributed by atoms with van der Waals surface area (Å²) in [5.41, 5.74) is 1.72. The minimum absolute atomic E-state index is 0.0524. The van der Waals surface area contributed by atoms with Crippen LogP contribution in [0.4, 0.5) is 10.3 Å². The zero-order valence-electron chi connectivity index (χ0n) is 13.3. The number of amides is 1. The zero-order chi connectivity index (χ0) is 16.6. The summed E-state index contributed by atoms with van der Waals surface area (Å²) in [6.45, 7) is 4.77. The van der Waals surface area contributed by atoms with Gasteiger partial charge in [-0.2, -0.15) is 0 Å². The van der Waals surface area contributed by atoms with Crippen LogP contribution in [-0.4, -0.2) is 38.0 Å². The number of halogens is 1. The van der Waals surface area contributed by atoms with E-state index in [-0.39, 0.29) is 17.9 Å². The number of nitrogens with zero attached hydrogens (tertiary/aromatic N) is 5. The predicted molar refractivity (Wildman–Crippen MR) is 82.3 cm³/mol. The molecule has 0 fully saturated rings. The minimum Gasteiger partial charge on any atom is -0.353 e. The van der Waals surface area contributed by atoms with Crippen molar-refractivity contribution < 1.29 is 9.18 Å². The smallest absolute Gasteiger partial charge is 0.231 e. The number of hydrogen-bond acceptors (Lipinski definition) is 5. The Morgan fingerprint density at radius 1 is 1.35 bits per heavy atom. The van der Waals surface area contributed by atoms with Crippen LogP contribution in [0.1, 0.15) is 31.2 Å². The van der Waals surface area contributed by atoms with E-state index >= 15 is 0 Å². The Labute approximate surface area is 133 Å². The quantitative estimate of drug-likeness (QED) is 0.913. The number of rotatable bonds is 3. The summed E-state index contributed by atoms with van der Waals surface area (Å²) in [6, 6.07) is 0.0524. The van der Waals surface area contributed by atoms with Crippen molar-refractivity contribution in [3.63, 3.8) is 0 Å². The van der Waals surface area contributed by atoms with Gasteiger partial charge in [-0.05, 0) is 13.8 Å². The molecule has 3 heterocycles. The largest absolute Gasteiger partial charge is 0.353 e. The second-order valence-corrected chi connectivity index (χ2v) is 5.99. The van der Waals surface area contributed by atoms with E-state index in [0.29, 0.717) is 19.0 Å². The molecule has 0 radical (unpaired) electrons. The number of carbonyl (C=O) groups is 1. The number of nitrogens with one attached hydrogen (secondary N) is 1. The number of carbonyl (C=O) groups excluding carboxylic acids is 1. The third-order valence-electron chi connectivity index (χ3n) is 3.77. The molecule has 0 saturated heterocycles. The van der Waals surface area contributed by atoms with E-state index in [1.807, 2.05) is 30.4 Å². The van der Waals surface area contributed by atoms with Gasteiger partial charge >= 0.3 is 0 Å². The lowest BCUT2D eigenvalue weighted by atomic mass is 9.97. The monoisotopic (exact) mass is 318 g/mol. The summed E-state index contributed by atoms with van der Waals surface area (Å²) in [6.07, 6.45) is 3.95. The van der Waals surface area contributed by atoms with Crippen LogP contribution in [-0.2, 0) is 18.4 Å². The third kappa shape index (κ3) is 3.01. The molecule has 0 bridgehead atoms. The molecule has 7 nitrogen and oxygen atoms in total. The summed E-state index contributed by atoms with van der Waals surface area (Å²) in [7, 11) is 1.88. The number of anilines is 1. The Hall–Kier alpha value is -2.51. The average Bonchev–Trinajstić information content (AvgIpc) is 2.88. The third-order valence-corrected chi connectivity index (χ3v) is 3.77. The van der Waals surface area contributed by atoms with Crippen LogP contribution < -0.4 is 10.2 Å². The van der Waals surface area contributed by atoms with Crippen molar-refractivity contribution in [2.24, 2.45) is 7.05 Å². The van der Waals surface area contributed by atoms with E-state index in [0.717, 1.165) is 23.8 Å². The normalized spacial score (nSPS) is 17.3. The van der Waals surface area contributed by atoms with Crippen molar-refractivity contribution in [2.75, 3.05) is 11.4 Å². The molecule has 1 amide bonds. The number of hydrogen-bond donors (Lipinski definition) is 1. The second-order valence-electron chi connectivity index (χ2n) is 5.99. The molecule has 3 rings (SSSR count). The van der Waals surface area contributed by atoms with Crippen molar-refractivity contribution in [1.82, 2.24) is 24.8 Å². The van der Waals surface area contributed by atoms with Gasteiger partial charge in [-0.25, -0.2) is 19.3 Å². The maximum atomic E-state index is 13.0. The van der Waals surface area contributed by atoms with Gasteiger partial charge in [0.15, 0.2) is 5.82 Å². The number of aryl methyl sites for hydroxylation is 1. The molecule has 0 aliphatic carbocycles. The first-order valence-electron chi connectivity index (χ1n) is 7.48. The second kappa shape index (κ2) is 5.94. The van der Waals surface area contributed by atoms with Gasteiger partial charge in [-0.1, -0.05) is 0 Å². The average molecular weight is 318 g/mol. The molecule has 1 aliphatic heterocycles. The van der Waals surface area contributed by atoms with Crippen molar-refractivity contribution in [1.29, 1.82) is 0 Å². The molecule has 8 heteroatoms. The lowest BCUT2D eigenvalue weighted by Gasteiger charge is -2.32. The first-order chi connectivity index (χ1) is 11.0. The topological polar surface area (TPSA) is 75.9 Å². The first kappa shape index (κ1) is 15.4. The summed E-state index contributed by atoms with van der Waals surface area (Å²) in [5, 5.41) is 2.94. The van der Waals surface area contributed by atoms with Crippen molar-refractivity contribution in [3.05, 3.63) is 35.9 Å². The van der Waals surface area contributed by atoms with Crippen LogP contribution in [0.2, 0.25) is 0 Å². The SMILES string of the molecule is CC(C)NC(=O)C1CN(c2ncc(F)cn2)Cc2ncn(C)c21. The molecule has 122 valence electrons. The maximum Gasteiger partial charge on any atom is 0.231 e. The molecule has 1 unspecified atom stereocenters. The van der Waals surface area contributed by atoms with E-state index in [9.17, 15) is 9.18 Å². The van der Waals surface area contributed by atoms with Crippen molar-refractivity contribution in [2.45, 2.75) is 32.4 Å². The van der Waals surface area contributed by atoms with Crippen LogP contribution in [0.3, 0.4) is 0 Å². The zero-order valence-corrected chi connectivity index (χ0v) is 13.3. The van der Waals surface area contributed by atoms with Gasteiger partial charge in [0.05, 0.1) is 42.6 Å². The van der Waals surface area contributed by atoms with Gasteiger partial charge in [0, 0.05) is 19.6 Å². The number of imidazole rings is 1. The number of aromatic nitrogens is 4. The molecular formula is C15H19FN6O. The van der Waals surface area contributed by atoms with Crippen molar-refractivity contribution >= 4 is 11.9 Å². The lowest BCUT2D eigenvalue weighted by molar-refractivity contribution is -0.123. The fraction of sp³-hybridized carbons (Fsp3) is 0.467. The highest BCUT2D eigenvalue weighted by molar-refractivity contribution is 5.85. The molecule has 0 aromatic carbocycles. The van der Waals surface area contributed by atoms with E-state index < -0.39 is 5.82 Å². The Morgan fingerprint density at radius 2 is 2.04 bits per heavy atom. The van der Waals surface area contributed by atoms with Crippen LogP contribution in [0.5, 0.6) is 0 Å². The van der Waals surface area contributed by atoms with Gasteiger partial charge in [0.2, 0.25) is 11.9 Å². The Kier molecular flexibility index (Phi) is 3.97. The first-order valence-corrected chi connectivity index (χ1v) is 7.48. The van der Waals surface area contributed by atoms with Gasteiger partial charge < -0.3 is 14.8 Å². The fourth-order valence-corrected chi connectivity index (χ4v) is 2.82. The summed E-state index contributed by atoms with van der Waals surface area (Å²) < 4.78 is 14.9. The molecule has 0 spiro atoms. The van der Waals surface area contributed by atoms with Crippen molar-refractivity contribution in [3.8, 4) is 0 Å². The highest BCUT2D eigenvalue weighted by atomic mass is 19.1. The molecule has 23 heavy (non-hydrogen) atoms. The predicted octanol–water partition coefficient (Wildman–Crippen LogP) is 0.978. The summed E-state index contributed by atoms with van der Waals surface area (Å²) >= 11 is 0. The van der Waals surface area contributed by atoms with Crippen LogP contribution in [0.15, 0.2) is 18.7 Å². The van der Waals surface area contributed by atoms with Gasteiger partial charge in [-0.15, -0.1) is 0 Å². The highest BCUT2D eigenvalue weighted by Crippen LogP contribution is 2.29. The Morgan fingerprint density at radius 3 is 2.70 bits per heavy atom. The van der Waals surface area contributed by atoms with E-state index in [1.165, 1.54) is 0 Å². The Bertz CT molecular complexity index is 711. The number of fused-ring (bicyclic) bond motifs is 1. The Balaban J connectivity index is 1.93. The molecule has 0 saturated carbocycles. The molecule has 1 N–H and O–H groups in total. The van der Waals surface area contributed by atoms with Crippen LogP contribution in [0.25, 0.3) is 0 Å². The molecule has 2 aromatic rings. The summed E-state index contributed by atoms with van der Waals surface area (Å²) in [4.78, 5) is 26.8. The van der Waals surface area contributed by atoms with E-state index in [1.54, 1.807) is 6.33 Å². The van der Waals surface area contributed by atoms with Gasteiger partial charge in [0.1, 0.15) is 0 Å². The van der Waals surface area contributed by atoms with Gasteiger partial charge in [-0.3, -0.25) is 4.79 Å². The lowest BCUT2D eigenvalue weighted by Crippen LogP contribution is -2.44. The minimum atomic E-state index is -0.488. The molecule has 2 aromatic heterocycles. The summed E-state index contributed by atoms with van der Waals surface area (Å²) in [5.74, 6) is -0.526. The highest BCUT2D eigenvalue weighted by Gasteiger charge is 2.35. The maximum absolute atomic E-state index is 13.0.